The van der Waals surface area contributed by atoms with Crippen LogP contribution in [-0.2, 0) is 4.74 Å². The zero-order valence-corrected chi connectivity index (χ0v) is 20.7. The highest BCUT2D eigenvalue weighted by Gasteiger charge is 2.18. The third-order valence-electron chi connectivity index (χ3n) is 5.65. The normalized spacial score (nSPS) is 19.1. The molecule has 1 aromatic rings. The first kappa shape index (κ1) is 25.1. The molecule has 0 unspecified atom stereocenters. The van der Waals surface area contributed by atoms with E-state index < -0.39 is 0 Å². The largest absolute Gasteiger partial charge is 0.379 e. The lowest BCUT2D eigenvalue weighted by Crippen LogP contribution is -2.52. The molecule has 2 saturated heterocycles. The van der Waals surface area contributed by atoms with Gasteiger partial charge in [0, 0.05) is 59.4 Å². The molecule has 0 atom stereocenters. The van der Waals surface area contributed by atoms with Crippen molar-refractivity contribution < 1.29 is 4.74 Å². The third kappa shape index (κ3) is 8.91. The van der Waals surface area contributed by atoms with Crippen LogP contribution in [0.25, 0.3) is 6.08 Å². The minimum Gasteiger partial charge on any atom is -0.379 e. The number of aliphatic imine (C=N–C) groups is 1. The van der Waals surface area contributed by atoms with Crippen LogP contribution in [0, 0.1) is 0 Å². The van der Waals surface area contributed by atoms with E-state index in [1.165, 1.54) is 24.9 Å². The van der Waals surface area contributed by atoms with Gasteiger partial charge in [0.25, 0.3) is 0 Å². The fourth-order valence-electron chi connectivity index (χ4n) is 3.86. The monoisotopic (exact) mass is 527 g/mol. The average Bonchev–Trinajstić information content (AvgIpc) is 2.78. The maximum atomic E-state index is 5.41. The summed E-state index contributed by atoms with van der Waals surface area (Å²) in [5.41, 5.74) is 1.27. The topological polar surface area (TPSA) is 43.3 Å². The van der Waals surface area contributed by atoms with Crippen LogP contribution in [0.5, 0.6) is 0 Å². The number of piperazine rings is 1. The lowest BCUT2D eigenvalue weighted by molar-refractivity contribution is 0.0372. The number of nitrogens with one attached hydrogen (secondary N) is 1. The second kappa shape index (κ2) is 14.8. The summed E-state index contributed by atoms with van der Waals surface area (Å²) in [7, 11) is 1.89. The summed E-state index contributed by atoms with van der Waals surface area (Å²) in [4.78, 5) is 11.9. The average molecular weight is 527 g/mol. The van der Waals surface area contributed by atoms with Crippen molar-refractivity contribution in [2.45, 2.75) is 12.8 Å². The fourth-order valence-corrected chi connectivity index (χ4v) is 3.86. The van der Waals surface area contributed by atoms with Gasteiger partial charge in [-0.25, -0.2) is 0 Å². The van der Waals surface area contributed by atoms with Crippen molar-refractivity contribution in [1.82, 2.24) is 20.0 Å². The van der Waals surface area contributed by atoms with Crippen LogP contribution in [0.1, 0.15) is 18.4 Å². The summed E-state index contributed by atoms with van der Waals surface area (Å²) in [6, 6.07) is 10.5. The molecule has 2 heterocycles. The van der Waals surface area contributed by atoms with E-state index in [1.807, 2.05) is 7.05 Å². The van der Waals surface area contributed by atoms with Gasteiger partial charge in [0.15, 0.2) is 5.96 Å². The maximum Gasteiger partial charge on any atom is 0.193 e. The zero-order chi connectivity index (χ0) is 20.2. The number of hydrogen-bond acceptors (Lipinski definition) is 4. The highest BCUT2D eigenvalue weighted by atomic mass is 127. The molecule has 7 heteroatoms. The molecular weight excluding hydrogens is 489 g/mol. The van der Waals surface area contributed by atoms with Crippen molar-refractivity contribution in [1.29, 1.82) is 0 Å². The van der Waals surface area contributed by atoms with Crippen LogP contribution < -0.4 is 5.32 Å². The number of morpholine rings is 1. The van der Waals surface area contributed by atoms with Crippen molar-refractivity contribution >= 4 is 36.0 Å². The van der Waals surface area contributed by atoms with E-state index in [0.717, 1.165) is 71.5 Å². The number of benzene rings is 1. The Bertz CT molecular complexity index is 626. The molecule has 1 N–H and O–H groups in total. The Kier molecular flexibility index (Phi) is 12.4. The smallest absolute Gasteiger partial charge is 0.193 e. The number of guanidine groups is 1. The van der Waals surface area contributed by atoms with Gasteiger partial charge in [-0.3, -0.25) is 14.8 Å². The maximum absolute atomic E-state index is 5.41. The molecule has 3 rings (SSSR count). The first-order chi connectivity index (χ1) is 14.3. The van der Waals surface area contributed by atoms with Gasteiger partial charge in [-0.05, 0) is 24.9 Å². The Morgan fingerprint density at radius 3 is 2.43 bits per heavy atom. The SMILES string of the molecule is CN=C(NCCCCN1CCOCC1)N1CCN(CC=Cc2ccccc2)CC1.I. The Hall–Kier alpha value is -1.16. The van der Waals surface area contributed by atoms with E-state index in [0.29, 0.717) is 0 Å². The summed E-state index contributed by atoms with van der Waals surface area (Å²) in [5, 5.41) is 3.56. The van der Waals surface area contributed by atoms with Gasteiger partial charge < -0.3 is 15.0 Å². The molecule has 0 radical (unpaired) electrons. The van der Waals surface area contributed by atoms with E-state index in [-0.39, 0.29) is 24.0 Å². The molecule has 0 aliphatic carbocycles. The number of hydrogen-bond donors (Lipinski definition) is 1. The second-order valence-corrected chi connectivity index (χ2v) is 7.74. The van der Waals surface area contributed by atoms with Crippen LogP contribution in [0.15, 0.2) is 41.4 Å². The number of halogens is 1. The van der Waals surface area contributed by atoms with Crippen LogP contribution in [0.3, 0.4) is 0 Å². The molecule has 0 aromatic heterocycles. The molecule has 6 nitrogen and oxygen atoms in total. The highest BCUT2D eigenvalue weighted by Crippen LogP contribution is 2.05. The zero-order valence-electron chi connectivity index (χ0n) is 18.3. The predicted molar refractivity (Wildman–Crippen MR) is 137 cm³/mol. The van der Waals surface area contributed by atoms with Crippen molar-refractivity contribution in [3.63, 3.8) is 0 Å². The van der Waals surface area contributed by atoms with Crippen LogP contribution in [0.2, 0.25) is 0 Å². The van der Waals surface area contributed by atoms with Gasteiger partial charge in [0.2, 0.25) is 0 Å². The Morgan fingerprint density at radius 2 is 1.73 bits per heavy atom. The first-order valence-electron chi connectivity index (χ1n) is 11.0. The lowest BCUT2D eigenvalue weighted by Gasteiger charge is -2.36. The van der Waals surface area contributed by atoms with Crippen molar-refractivity contribution in [3.8, 4) is 0 Å². The summed E-state index contributed by atoms with van der Waals surface area (Å²) >= 11 is 0. The van der Waals surface area contributed by atoms with E-state index in [1.54, 1.807) is 0 Å². The second-order valence-electron chi connectivity index (χ2n) is 7.74. The third-order valence-corrected chi connectivity index (χ3v) is 5.65. The van der Waals surface area contributed by atoms with E-state index in [4.69, 9.17) is 4.74 Å². The summed E-state index contributed by atoms with van der Waals surface area (Å²) in [5.74, 6) is 1.05. The minimum atomic E-state index is 0. The predicted octanol–water partition coefficient (Wildman–Crippen LogP) is 2.62. The van der Waals surface area contributed by atoms with Crippen LogP contribution in [0.4, 0.5) is 0 Å². The Morgan fingerprint density at radius 1 is 1.00 bits per heavy atom. The quantitative estimate of drug-likeness (QED) is 0.244. The molecule has 168 valence electrons. The first-order valence-corrected chi connectivity index (χ1v) is 11.0. The van der Waals surface area contributed by atoms with Gasteiger partial charge in [0.1, 0.15) is 0 Å². The molecule has 2 aliphatic heterocycles. The van der Waals surface area contributed by atoms with E-state index >= 15 is 0 Å². The molecule has 0 saturated carbocycles. The Labute approximate surface area is 199 Å². The molecule has 30 heavy (non-hydrogen) atoms. The summed E-state index contributed by atoms with van der Waals surface area (Å²) < 4.78 is 5.41. The van der Waals surface area contributed by atoms with Crippen molar-refractivity contribution in [2.24, 2.45) is 4.99 Å². The summed E-state index contributed by atoms with van der Waals surface area (Å²) in [6.07, 6.45) is 6.89. The van der Waals surface area contributed by atoms with Gasteiger partial charge >= 0.3 is 0 Å². The van der Waals surface area contributed by atoms with Crippen LogP contribution in [-0.4, -0.2) is 99.8 Å². The van der Waals surface area contributed by atoms with Crippen LogP contribution >= 0.6 is 24.0 Å². The lowest BCUT2D eigenvalue weighted by atomic mass is 10.2. The van der Waals surface area contributed by atoms with Gasteiger partial charge in [-0.2, -0.15) is 0 Å². The van der Waals surface area contributed by atoms with Gasteiger partial charge in [-0.15, -0.1) is 24.0 Å². The number of unbranched alkanes of at least 4 members (excludes halogenated alkanes) is 1. The molecule has 1 aromatic carbocycles. The Balaban J connectivity index is 0.00000320. The molecular formula is C23H38IN5O. The molecule has 2 fully saturated rings. The number of ether oxygens (including phenoxy) is 1. The highest BCUT2D eigenvalue weighted by molar-refractivity contribution is 14.0. The van der Waals surface area contributed by atoms with Crippen molar-refractivity contribution in [2.75, 3.05) is 79.2 Å². The fraction of sp³-hybridized carbons (Fsp3) is 0.609. The standard InChI is InChI=1S/C23H37N5O.HI/c1-24-23(25-11-5-6-12-27-18-20-29-21-19-27)28-16-14-26(15-17-28)13-7-10-22-8-3-2-4-9-22;/h2-4,7-10H,5-6,11-21H2,1H3,(H,24,25);1H. The van der Waals surface area contributed by atoms with E-state index in [9.17, 15) is 0 Å². The summed E-state index contributed by atoms with van der Waals surface area (Å²) in [6.45, 7) is 11.4. The number of nitrogens with zero attached hydrogens (tertiary/aromatic N) is 4. The minimum absolute atomic E-state index is 0. The van der Waals surface area contributed by atoms with E-state index in [2.05, 4.69) is 67.5 Å². The molecule has 0 bridgehead atoms. The van der Waals surface area contributed by atoms with Gasteiger partial charge in [-0.1, -0.05) is 42.5 Å². The number of rotatable bonds is 8. The molecule has 0 amide bonds. The van der Waals surface area contributed by atoms with Gasteiger partial charge in [0.05, 0.1) is 13.2 Å². The van der Waals surface area contributed by atoms with Crippen molar-refractivity contribution in [3.05, 3.63) is 42.0 Å². The molecule has 0 spiro atoms. The molecule has 2 aliphatic rings.